The van der Waals surface area contributed by atoms with E-state index >= 15 is 0 Å². The van der Waals surface area contributed by atoms with E-state index in [0.717, 1.165) is 14.8 Å². The maximum absolute atomic E-state index is 12.9. The highest BCUT2D eigenvalue weighted by molar-refractivity contribution is 14.1. The highest BCUT2D eigenvalue weighted by Crippen LogP contribution is 2.38. The Morgan fingerprint density at radius 2 is 2.04 bits per heavy atom. The third-order valence-corrected chi connectivity index (χ3v) is 5.84. The summed E-state index contributed by atoms with van der Waals surface area (Å²) in [6, 6.07) is 13.1. The fourth-order valence-electron chi connectivity index (χ4n) is 2.61. The number of nitrogens with zero attached hydrogens (tertiary/aromatic N) is 1. The number of ether oxygens (including phenoxy) is 2. The average Bonchev–Trinajstić information content (AvgIpc) is 2.95. The van der Waals surface area contributed by atoms with E-state index < -0.39 is 0 Å². The van der Waals surface area contributed by atoms with Crippen molar-refractivity contribution in [1.82, 2.24) is 0 Å². The molecule has 2 aromatic carbocycles. The van der Waals surface area contributed by atoms with Gasteiger partial charge in [-0.15, -0.1) is 6.42 Å². The van der Waals surface area contributed by atoms with Gasteiger partial charge in [0.25, 0.3) is 5.91 Å². The van der Waals surface area contributed by atoms with E-state index in [1.165, 1.54) is 11.8 Å². The topological polar surface area (TPSA) is 38.8 Å². The standard InChI is InChI=1S/C21H16INO3S2/c1-3-10-26-19-16(22)11-14(12-17(19)25-4-2)13-18-20(24)23(21(27)28-18)15-8-6-5-7-9-15/h1,5-9,11-13H,4,10H2,2H3/b18-13+. The predicted octanol–water partition coefficient (Wildman–Crippen LogP) is 5.11. The molecule has 2 aromatic rings. The molecule has 7 heteroatoms. The average molecular weight is 521 g/mol. The van der Waals surface area contributed by atoms with Crippen molar-refractivity contribution in [2.75, 3.05) is 18.1 Å². The Labute approximate surface area is 187 Å². The zero-order valence-electron chi connectivity index (χ0n) is 15.0. The summed E-state index contributed by atoms with van der Waals surface area (Å²) in [5.74, 6) is 3.52. The van der Waals surface area contributed by atoms with Crippen molar-refractivity contribution >= 4 is 68.6 Å². The first-order chi connectivity index (χ1) is 13.5. The minimum absolute atomic E-state index is 0.137. The third-order valence-electron chi connectivity index (χ3n) is 3.74. The normalized spacial score (nSPS) is 15.0. The van der Waals surface area contributed by atoms with Crippen LogP contribution in [0, 0.1) is 15.9 Å². The SMILES string of the molecule is C#CCOc1c(I)cc(/C=C2/SC(=S)N(c3ccccc3)C2=O)cc1OCC. The predicted molar refractivity (Wildman–Crippen MR) is 127 cm³/mol. The van der Waals surface area contributed by atoms with Gasteiger partial charge in [0.2, 0.25) is 0 Å². The number of halogens is 1. The number of benzene rings is 2. The van der Waals surface area contributed by atoms with E-state index in [9.17, 15) is 4.79 Å². The Bertz CT molecular complexity index is 983. The Kier molecular flexibility index (Phi) is 6.99. The summed E-state index contributed by atoms with van der Waals surface area (Å²) >= 11 is 8.87. The number of carbonyl (C=O) groups excluding carboxylic acids is 1. The zero-order valence-corrected chi connectivity index (χ0v) is 18.8. The number of hydrogen-bond acceptors (Lipinski definition) is 5. The number of carbonyl (C=O) groups is 1. The molecular weight excluding hydrogens is 505 g/mol. The molecule has 28 heavy (non-hydrogen) atoms. The van der Waals surface area contributed by atoms with Crippen LogP contribution in [0.4, 0.5) is 5.69 Å². The summed E-state index contributed by atoms with van der Waals surface area (Å²) in [5.41, 5.74) is 1.59. The fraction of sp³-hybridized carbons (Fsp3) is 0.143. The summed E-state index contributed by atoms with van der Waals surface area (Å²) in [7, 11) is 0. The molecule has 1 heterocycles. The Morgan fingerprint density at radius 1 is 1.29 bits per heavy atom. The number of hydrogen-bond donors (Lipinski definition) is 0. The molecule has 0 unspecified atom stereocenters. The Morgan fingerprint density at radius 3 is 2.71 bits per heavy atom. The number of anilines is 1. The molecule has 4 nitrogen and oxygen atoms in total. The van der Waals surface area contributed by atoms with Gasteiger partial charge in [0, 0.05) is 0 Å². The monoisotopic (exact) mass is 521 g/mol. The molecule has 3 rings (SSSR count). The minimum atomic E-state index is -0.137. The van der Waals surface area contributed by atoms with Gasteiger partial charge in [-0.25, -0.2) is 0 Å². The molecule has 0 saturated carbocycles. The number of amides is 1. The van der Waals surface area contributed by atoms with E-state index in [2.05, 4.69) is 28.5 Å². The lowest BCUT2D eigenvalue weighted by molar-refractivity contribution is -0.113. The number of para-hydroxylation sites is 1. The van der Waals surface area contributed by atoms with Crippen molar-refractivity contribution in [1.29, 1.82) is 0 Å². The van der Waals surface area contributed by atoms with Gasteiger partial charge in [-0.1, -0.05) is 48.1 Å². The lowest BCUT2D eigenvalue weighted by Crippen LogP contribution is -2.27. The summed E-state index contributed by atoms with van der Waals surface area (Å²) in [5, 5.41) is 0. The van der Waals surface area contributed by atoms with Gasteiger partial charge in [0.15, 0.2) is 15.8 Å². The van der Waals surface area contributed by atoms with Crippen LogP contribution in [-0.4, -0.2) is 23.4 Å². The Hall–Kier alpha value is -2.02. The zero-order chi connectivity index (χ0) is 20.1. The lowest BCUT2D eigenvalue weighted by atomic mass is 10.1. The molecule has 0 radical (unpaired) electrons. The van der Waals surface area contributed by atoms with E-state index in [4.69, 9.17) is 28.1 Å². The van der Waals surface area contributed by atoms with E-state index in [1.807, 2.05) is 55.5 Å². The number of thiocarbonyl (C=S) groups is 1. The second-order valence-electron chi connectivity index (χ2n) is 5.61. The van der Waals surface area contributed by atoms with Crippen LogP contribution in [0.3, 0.4) is 0 Å². The van der Waals surface area contributed by atoms with Crippen LogP contribution in [0.2, 0.25) is 0 Å². The number of thioether (sulfide) groups is 1. The van der Waals surface area contributed by atoms with Crippen molar-refractivity contribution in [2.24, 2.45) is 0 Å². The van der Waals surface area contributed by atoms with Crippen LogP contribution in [0.1, 0.15) is 12.5 Å². The number of rotatable bonds is 6. The van der Waals surface area contributed by atoms with E-state index in [0.29, 0.717) is 27.3 Å². The quantitative estimate of drug-likeness (QED) is 0.229. The largest absolute Gasteiger partial charge is 0.490 e. The van der Waals surface area contributed by atoms with E-state index in [1.54, 1.807) is 4.90 Å². The van der Waals surface area contributed by atoms with Crippen molar-refractivity contribution in [3.8, 4) is 23.8 Å². The molecule has 0 atom stereocenters. The molecule has 1 aliphatic rings. The molecule has 142 valence electrons. The van der Waals surface area contributed by atoms with Crippen LogP contribution < -0.4 is 14.4 Å². The third kappa shape index (κ3) is 4.51. The first kappa shape index (κ1) is 20.7. The molecule has 0 N–H and O–H groups in total. The molecule has 1 fully saturated rings. The summed E-state index contributed by atoms with van der Waals surface area (Å²) in [4.78, 5) is 15.0. The lowest BCUT2D eigenvalue weighted by Gasteiger charge is -2.14. The molecule has 1 amide bonds. The van der Waals surface area contributed by atoms with Gasteiger partial charge in [-0.05, 0) is 65.4 Å². The van der Waals surface area contributed by atoms with Gasteiger partial charge in [-0.2, -0.15) is 0 Å². The van der Waals surface area contributed by atoms with Crippen molar-refractivity contribution in [3.05, 3.63) is 56.5 Å². The molecule has 0 bridgehead atoms. The van der Waals surface area contributed by atoms with Gasteiger partial charge in [0.05, 0.1) is 20.8 Å². The second kappa shape index (κ2) is 9.45. The maximum atomic E-state index is 12.9. The van der Waals surface area contributed by atoms with E-state index in [-0.39, 0.29) is 12.5 Å². The highest BCUT2D eigenvalue weighted by Gasteiger charge is 2.33. The van der Waals surface area contributed by atoms with Crippen LogP contribution in [0.15, 0.2) is 47.4 Å². The first-order valence-corrected chi connectivity index (χ1v) is 10.7. The molecule has 1 saturated heterocycles. The summed E-state index contributed by atoms with van der Waals surface area (Å²) < 4.78 is 12.7. The minimum Gasteiger partial charge on any atom is -0.490 e. The maximum Gasteiger partial charge on any atom is 0.270 e. The van der Waals surface area contributed by atoms with Crippen LogP contribution in [0.25, 0.3) is 6.08 Å². The number of terminal acetylenes is 1. The summed E-state index contributed by atoms with van der Waals surface area (Å²) in [6.07, 6.45) is 7.11. The fourth-order valence-corrected chi connectivity index (χ4v) is 4.69. The summed E-state index contributed by atoms with van der Waals surface area (Å²) in [6.45, 7) is 2.54. The first-order valence-electron chi connectivity index (χ1n) is 8.40. The Balaban J connectivity index is 1.94. The molecule has 1 aliphatic heterocycles. The second-order valence-corrected chi connectivity index (χ2v) is 8.45. The van der Waals surface area contributed by atoms with Gasteiger partial charge >= 0.3 is 0 Å². The van der Waals surface area contributed by atoms with Gasteiger partial charge in [-0.3, -0.25) is 9.69 Å². The van der Waals surface area contributed by atoms with Crippen molar-refractivity contribution < 1.29 is 14.3 Å². The van der Waals surface area contributed by atoms with Gasteiger partial charge in [0.1, 0.15) is 6.61 Å². The smallest absolute Gasteiger partial charge is 0.270 e. The molecule has 0 spiro atoms. The van der Waals surface area contributed by atoms with Crippen molar-refractivity contribution in [2.45, 2.75) is 6.92 Å². The molecule has 0 aliphatic carbocycles. The van der Waals surface area contributed by atoms with Crippen molar-refractivity contribution in [3.63, 3.8) is 0 Å². The van der Waals surface area contributed by atoms with Crippen LogP contribution in [-0.2, 0) is 4.79 Å². The van der Waals surface area contributed by atoms with Crippen LogP contribution in [0.5, 0.6) is 11.5 Å². The van der Waals surface area contributed by atoms with Crippen LogP contribution >= 0.6 is 46.6 Å². The van der Waals surface area contributed by atoms with Gasteiger partial charge < -0.3 is 9.47 Å². The highest BCUT2D eigenvalue weighted by atomic mass is 127. The molecular formula is C21H16INO3S2. The molecule has 0 aromatic heterocycles.